The molecule has 3 rings (SSSR count). The third-order valence-electron chi connectivity index (χ3n) is 3.82. The third-order valence-corrected chi connectivity index (χ3v) is 4.96. The summed E-state index contributed by atoms with van der Waals surface area (Å²) in [7, 11) is 0. The Kier molecular flexibility index (Phi) is 5.86. The predicted molar refractivity (Wildman–Crippen MR) is 102 cm³/mol. The number of carbonyl (C=O) groups is 1. The molecule has 6 heteroatoms. The first-order valence-corrected chi connectivity index (χ1v) is 9.16. The highest BCUT2D eigenvalue weighted by atomic mass is 32.2. The maximum Gasteiger partial charge on any atom is 0.416 e. The molecule has 0 heterocycles. The zero-order valence-electron chi connectivity index (χ0n) is 14.2. The molecule has 0 bridgehead atoms. The summed E-state index contributed by atoms with van der Waals surface area (Å²) in [5.74, 6) is 0.250. The highest BCUT2D eigenvalue weighted by Gasteiger charge is 2.30. The highest BCUT2D eigenvalue weighted by Crippen LogP contribution is 2.31. The van der Waals surface area contributed by atoms with Crippen molar-refractivity contribution in [2.24, 2.45) is 0 Å². The number of rotatable bonds is 5. The minimum absolute atomic E-state index is 0.109. The molecule has 3 aromatic carbocycles. The van der Waals surface area contributed by atoms with Gasteiger partial charge in [-0.15, -0.1) is 11.8 Å². The number of nitrogens with one attached hydrogen (secondary N) is 1. The number of thioether (sulfide) groups is 1. The van der Waals surface area contributed by atoms with E-state index in [1.807, 2.05) is 42.5 Å². The molecule has 27 heavy (non-hydrogen) atoms. The summed E-state index contributed by atoms with van der Waals surface area (Å²) in [5, 5.41) is 2.56. The maximum atomic E-state index is 12.8. The molecular formula is C21H16F3NOS. The molecule has 1 amide bonds. The molecule has 138 valence electrons. The number of benzene rings is 3. The fraction of sp³-hybridized carbons (Fsp3) is 0.0952. The van der Waals surface area contributed by atoms with Crippen LogP contribution in [0, 0.1) is 0 Å². The minimum Gasteiger partial charge on any atom is -0.322 e. The number of hydrogen-bond donors (Lipinski definition) is 1. The molecule has 0 aliphatic heterocycles. The smallest absolute Gasteiger partial charge is 0.322 e. The Labute approximate surface area is 159 Å². The van der Waals surface area contributed by atoms with Gasteiger partial charge in [-0.25, -0.2) is 0 Å². The van der Waals surface area contributed by atoms with E-state index in [-0.39, 0.29) is 5.69 Å². The van der Waals surface area contributed by atoms with Crippen molar-refractivity contribution in [3.8, 4) is 0 Å². The molecule has 0 saturated heterocycles. The summed E-state index contributed by atoms with van der Waals surface area (Å²) in [6.45, 7) is 0. The van der Waals surface area contributed by atoms with Gasteiger partial charge in [0.25, 0.3) is 5.91 Å². The summed E-state index contributed by atoms with van der Waals surface area (Å²) in [5.41, 5.74) is 0.858. The summed E-state index contributed by atoms with van der Waals surface area (Å²) < 4.78 is 38.5. The van der Waals surface area contributed by atoms with Crippen molar-refractivity contribution in [1.82, 2.24) is 0 Å². The number of hydrogen-bond acceptors (Lipinski definition) is 2. The van der Waals surface area contributed by atoms with Crippen LogP contribution in [0.5, 0.6) is 0 Å². The summed E-state index contributed by atoms with van der Waals surface area (Å²) in [6.07, 6.45) is -4.45. The van der Waals surface area contributed by atoms with E-state index < -0.39 is 17.6 Å². The molecule has 0 saturated carbocycles. The van der Waals surface area contributed by atoms with Gasteiger partial charge < -0.3 is 5.32 Å². The quantitative estimate of drug-likeness (QED) is 0.524. The molecule has 0 aliphatic rings. The molecule has 2 nitrogen and oxygen atoms in total. The van der Waals surface area contributed by atoms with Crippen LogP contribution in [0.15, 0.2) is 83.8 Å². The van der Waals surface area contributed by atoms with Crippen LogP contribution in [0.1, 0.15) is 21.5 Å². The van der Waals surface area contributed by atoms with Gasteiger partial charge in [0.05, 0.1) is 11.1 Å². The Bertz CT molecular complexity index is 926. The van der Waals surface area contributed by atoms with E-state index in [0.29, 0.717) is 11.3 Å². The second-order valence-corrected chi connectivity index (χ2v) is 6.82. The lowest BCUT2D eigenvalue weighted by Gasteiger charge is -2.12. The van der Waals surface area contributed by atoms with Crippen molar-refractivity contribution in [2.75, 3.05) is 5.32 Å². The van der Waals surface area contributed by atoms with Gasteiger partial charge in [-0.3, -0.25) is 4.79 Å². The van der Waals surface area contributed by atoms with Crippen LogP contribution >= 0.6 is 11.8 Å². The first kappa shape index (κ1) is 19.0. The molecule has 0 aromatic heterocycles. The lowest BCUT2D eigenvalue weighted by molar-refractivity contribution is -0.137. The average molecular weight is 387 g/mol. The zero-order chi connectivity index (χ0) is 19.3. The standard InChI is InChI=1S/C21H16F3NOS/c22-21(23,24)16-9-6-10-17(13-16)25-20(26)18-11-4-5-12-19(18)27-14-15-7-2-1-3-8-15/h1-13H,14H2,(H,25,26). The van der Waals surface area contributed by atoms with Crippen molar-refractivity contribution in [3.05, 3.63) is 95.6 Å². The van der Waals surface area contributed by atoms with Gasteiger partial charge >= 0.3 is 6.18 Å². The van der Waals surface area contributed by atoms with Gasteiger partial charge in [0, 0.05) is 16.3 Å². The number of amides is 1. The van der Waals surface area contributed by atoms with E-state index in [4.69, 9.17) is 0 Å². The van der Waals surface area contributed by atoms with Crippen LogP contribution in [0.2, 0.25) is 0 Å². The van der Waals surface area contributed by atoms with E-state index in [9.17, 15) is 18.0 Å². The van der Waals surface area contributed by atoms with Crippen LogP contribution in [0.25, 0.3) is 0 Å². The number of alkyl halides is 3. The molecule has 0 spiro atoms. The second kappa shape index (κ2) is 8.31. The Balaban J connectivity index is 1.75. The van der Waals surface area contributed by atoms with Crippen molar-refractivity contribution < 1.29 is 18.0 Å². The molecule has 0 unspecified atom stereocenters. The fourth-order valence-corrected chi connectivity index (χ4v) is 3.49. The van der Waals surface area contributed by atoms with E-state index in [2.05, 4.69) is 5.32 Å². The van der Waals surface area contributed by atoms with Crippen LogP contribution in [-0.2, 0) is 11.9 Å². The van der Waals surface area contributed by atoms with Crippen molar-refractivity contribution in [3.63, 3.8) is 0 Å². The molecule has 0 aliphatic carbocycles. The van der Waals surface area contributed by atoms with E-state index in [0.717, 1.165) is 22.6 Å². The van der Waals surface area contributed by atoms with Gasteiger partial charge in [-0.05, 0) is 35.9 Å². The largest absolute Gasteiger partial charge is 0.416 e. The second-order valence-electron chi connectivity index (χ2n) is 5.80. The first-order chi connectivity index (χ1) is 12.9. The molecule has 0 radical (unpaired) electrons. The van der Waals surface area contributed by atoms with Gasteiger partial charge in [0.1, 0.15) is 0 Å². The Morgan fingerprint density at radius 2 is 1.59 bits per heavy atom. The molecule has 3 aromatic rings. The number of anilines is 1. The van der Waals surface area contributed by atoms with Gasteiger partial charge in [-0.2, -0.15) is 13.2 Å². The lowest BCUT2D eigenvalue weighted by atomic mass is 10.1. The van der Waals surface area contributed by atoms with E-state index in [1.54, 1.807) is 12.1 Å². The van der Waals surface area contributed by atoms with E-state index in [1.165, 1.54) is 23.9 Å². The first-order valence-electron chi connectivity index (χ1n) is 8.18. The minimum atomic E-state index is -4.45. The average Bonchev–Trinajstić information content (AvgIpc) is 2.67. The Morgan fingerprint density at radius 1 is 0.889 bits per heavy atom. The van der Waals surface area contributed by atoms with Crippen molar-refractivity contribution >= 4 is 23.4 Å². The number of carbonyl (C=O) groups excluding carboxylic acids is 1. The Morgan fingerprint density at radius 3 is 2.33 bits per heavy atom. The Hall–Kier alpha value is -2.73. The van der Waals surface area contributed by atoms with Crippen molar-refractivity contribution in [2.45, 2.75) is 16.8 Å². The van der Waals surface area contributed by atoms with Crippen LogP contribution in [0.3, 0.4) is 0 Å². The van der Waals surface area contributed by atoms with Gasteiger partial charge in [0.15, 0.2) is 0 Å². The predicted octanol–water partition coefficient (Wildman–Crippen LogP) is 6.25. The molecule has 0 fully saturated rings. The molecular weight excluding hydrogens is 371 g/mol. The summed E-state index contributed by atoms with van der Waals surface area (Å²) >= 11 is 1.51. The normalized spacial score (nSPS) is 11.2. The van der Waals surface area contributed by atoms with Crippen LogP contribution in [-0.4, -0.2) is 5.91 Å². The highest BCUT2D eigenvalue weighted by molar-refractivity contribution is 7.98. The number of halogens is 3. The maximum absolute atomic E-state index is 12.8. The summed E-state index contributed by atoms with van der Waals surface area (Å²) in [4.78, 5) is 13.4. The monoisotopic (exact) mass is 387 g/mol. The fourth-order valence-electron chi connectivity index (χ4n) is 2.49. The summed E-state index contributed by atoms with van der Waals surface area (Å²) in [6, 6.07) is 21.5. The van der Waals surface area contributed by atoms with E-state index >= 15 is 0 Å². The molecule has 1 N–H and O–H groups in total. The lowest BCUT2D eigenvalue weighted by Crippen LogP contribution is -2.14. The van der Waals surface area contributed by atoms with Crippen LogP contribution < -0.4 is 5.32 Å². The van der Waals surface area contributed by atoms with Gasteiger partial charge in [0.2, 0.25) is 0 Å². The van der Waals surface area contributed by atoms with Crippen LogP contribution in [0.4, 0.5) is 18.9 Å². The third kappa shape index (κ3) is 5.14. The SMILES string of the molecule is O=C(Nc1cccc(C(F)(F)F)c1)c1ccccc1SCc1ccccc1. The topological polar surface area (TPSA) is 29.1 Å². The molecule has 0 atom stereocenters. The van der Waals surface area contributed by atoms with Gasteiger partial charge in [-0.1, -0.05) is 48.5 Å². The zero-order valence-corrected chi connectivity index (χ0v) is 15.0. The van der Waals surface area contributed by atoms with Crippen molar-refractivity contribution in [1.29, 1.82) is 0 Å².